The Bertz CT molecular complexity index is 750. The standard InChI is InChI=1S/C15H11F3N2OS/c16-15(17,18)11-3-1-2-10(8-11)13-5-4-12(21-13)9-20-14-19-6-7-22-14/h1-8H,9H2,(H,19,20). The molecule has 3 aromatic rings. The van der Waals surface area contributed by atoms with Crippen molar-refractivity contribution < 1.29 is 17.6 Å². The Labute approximate surface area is 128 Å². The summed E-state index contributed by atoms with van der Waals surface area (Å²) in [5.74, 6) is 1.03. The zero-order valence-corrected chi connectivity index (χ0v) is 12.0. The number of aromatic nitrogens is 1. The third kappa shape index (κ3) is 3.30. The molecule has 1 aromatic carbocycles. The Morgan fingerprint density at radius 2 is 2.05 bits per heavy atom. The molecule has 0 saturated heterocycles. The van der Waals surface area contributed by atoms with Crippen LogP contribution < -0.4 is 5.32 Å². The molecule has 0 atom stereocenters. The third-order valence-corrected chi connectivity index (χ3v) is 3.71. The topological polar surface area (TPSA) is 38.1 Å². The Morgan fingerprint density at radius 1 is 1.18 bits per heavy atom. The molecule has 0 amide bonds. The van der Waals surface area contributed by atoms with Crippen LogP contribution in [0.1, 0.15) is 11.3 Å². The lowest BCUT2D eigenvalue weighted by molar-refractivity contribution is -0.137. The number of nitrogens with zero attached hydrogens (tertiary/aromatic N) is 1. The molecule has 0 bridgehead atoms. The maximum Gasteiger partial charge on any atom is 0.416 e. The average molecular weight is 324 g/mol. The van der Waals surface area contributed by atoms with Crippen LogP contribution in [0.15, 0.2) is 52.4 Å². The fraction of sp³-hybridized carbons (Fsp3) is 0.133. The second-order valence-electron chi connectivity index (χ2n) is 4.54. The predicted octanol–water partition coefficient (Wildman–Crippen LogP) is 5.03. The minimum Gasteiger partial charge on any atom is -0.459 e. The van der Waals surface area contributed by atoms with Gasteiger partial charge in [-0.3, -0.25) is 0 Å². The summed E-state index contributed by atoms with van der Waals surface area (Å²) in [4.78, 5) is 4.08. The molecule has 0 unspecified atom stereocenters. The van der Waals surface area contributed by atoms with Crippen molar-refractivity contribution >= 4 is 16.5 Å². The van der Waals surface area contributed by atoms with Crippen molar-refractivity contribution in [3.8, 4) is 11.3 Å². The molecule has 1 N–H and O–H groups in total. The monoisotopic (exact) mass is 324 g/mol. The number of nitrogens with one attached hydrogen (secondary N) is 1. The number of anilines is 1. The first-order valence-corrected chi connectivity index (χ1v) is 7.30. The average Bonchev–Trinajstić information content (AvgIpc) is 3.16. The third-order valence-electron chi connectivity index (χ3n) is 2.98. The van der Waals surface area contributed by atoms with Crippen LogP contribution in [-0.2, 0) is 12.7 Å². The highest BCUT2D eigenvalue weighted by molar-refractivity contribution is 7.13. The van der Waals surface area contributed by atoms with Gasteiger partial charge in [0.2, 0.25) is 0 Å². The Hall–Kier alpha value is -2.28. The van der Waals surface area contributed by atoms with Crippen molar-refractivity contribution in [3.05, 3.63) is 59.3 Å². The van der Waals surface area contributed by atoms with Gasteiger partial charge in [0.15, 0.2) is 5.13 Å². The molecule has 0 radical (unpaired) electrons. The highest BCUT2D eigenvalue weighted by atomic mass is 32.1. The van der Waals surface area contributed by atoms with Gasteiger partial charge >= 0.3 is 6.18 Å². The maximum absolute atomic E-state index is 12.7. The summed E-state index contributed by atoms with van der Waals surface area (Å²) in [7, 11) is 0. The summed E-state index contributed by atoms with van der Waals surface area (Å²) in [6, 6.07) is 8.47. The second-order valence-corrected chi connectivity index (χ2v) is 5.43. The van der Waals surface area contributed by atoms with Crippen LogP contribution in [0.25, 0.3) is 11.3 Å². The Kier molecular flexibility index (Phi) is 3.89. The van der Waals surface area contributed by atoms with E-state index in [1.165, 1.54) is 17.4 Å². The van der Waals surface area contributed by atoms with Gasteiger partial charge in [0, 0.05) is 17.1 Å². The molecule has 114 valence electrons. The molecule has 22 heavy (non-hydrogen) atoms. The quantitative estimate of drug-likeness (QED) is 0.731. The summed E-state index contributed by atoms with van der Waals surface area (Å²) in [6.45, 7) is 0.423. The van der Waals surface area contributed by atoms with Crippen LogP contribution >= 0.6 is 11.3 Å². The van der Waals surface area contributed by atoms with Gasteiger partial charge in [-0.05, 0) is 24.3 Å². The van der Waals surface area contributed by atoms with Gasteiger partial charge in [-0.1, -0.05) is 12.1 Å². The largest absolute Gasteiger partial charge is 0.459 e. The van der Waals surface area contributed by atoms with Crippen molar-refractivity contribution in [1.82, 2.24) is 4.98 Å². The first-order chi connectivity index (χ1) is 10.5. The van der Waals surface area contributed by atoms with Gasteiger partial charge in [-0.15, -0.1) is 11.3 Å². The molecule has 0 saturated carbocycles. The number of rotatable bonds is 4. The molecule has 3 nitrogen and oxygen atoms in total. The van der Waals surface area contributed by atoms with Crippen LogP contribution in [-0.4, -0.2) is 4.98 Å². The molecular weight excluding hydrogens is 313 g/mol. The van der Waals surface area contributed by atoms with E-state index >= 15 is 0 Å². The normalized spacial score (nSPS) is 11.6. The lowest BCUT2D eigenvalue weighted by Gasteiger charge is -2.07. The Morgan fingerprint density at radius 3 is 2.77 bits per heavy atom. The zero-order valence-electron chi connectivity index (χ0n) is 11.2. The van der Waals surface area contributed by atoms with E-state index in [1.54, 1.807) is 24.4 Å². The van der Waals surface area contributed by atoms with Gasteiger partial charge in [0.1, 0.15) is 11.5 Å². The SMILES string of the molecule is FC(F)(F)c1cccc(-c2ccc(CNc3nccs3)o2)c1. The van der Waals surface area contributed by atoms with Crippen molar-refractivity contribution in [2.75, 3.05) is 5.32 Å². The predicted molar refractivity (Wildman–Crippen MR) is 78.6 cm³/mol. The maximum atomic E-state index is 12.7. The zero-order chi connectivity index (χ0) is 15.6. The fourth-order valence-electron chi connectivity index (χ4n) is 1.95. The lowest BCUT2D eigenvalue weighted by atomic mass is 10.1. The molecule has 2 heterocycles. The fourth-order valence-corrected chi connectivity index (χ4v) is 2.48. The first kappa shape index (κ1) is 14.6. The number of hydrogen-bond acceptors (Lipinski definition) is 4. The van der Waals surface area contributed by atoms with E-state index < -0.39 is 11.7 Å². The molecule has 0 fully saturated rings. The minimum atomic E-state index is -4.36. The Balaban J connectivity index is 1.76. The molecule has 0 aliphatic heterocycles. The summed E-state index contributed by atoms with van der Waals surface area (Å²) < 4.78 is 43.7. The number of thiazole rings is 1. The summed E-state index contributed by atoms with van der Waals surface area (Å²) >= 11 is 1.46. The highest BCUT2D eigenvalue weighted by Crippen LogP contribution is 2.32. The number of benzene rings is 1. The van der Waals surface area contributed by atoms with E-state index in [4.69, 9.17) is 4.42 Å². The second kappa shape index (κ2) is 5.84. The van der Waals surface area contributed by atoms with Gasteiger partial charge in [0.05, 0.1) is 12.1 Å². The number of alkyl halides is 3. The van der Waals surface area contributed by atoms with E-state index in [0.29, 0.717) is 23.6 Å². The van der Waals surface area contributed by atoms with Gasteiger partial charge in [0.25, 0.3) is 0 Å². The number of furan rings is 1. The molecule has 3 rings (SSSR count). The van der Waals surface area contributed by atoms with Crippen LogP contribution in [0.5, 0.6) is 0 Å². The van der Waals surface area contributed by atoms with Crippen LogP contribution in [0.2, 0.25) is 0 Å². The minimum absolute atomic E-state index is 0.398. The van der Waals surface area contributed by atoms with Crippen molar-refractivity contribution in [2.24, 2.45) is 0 Å². The van der Waals surface area contributed by atoms with Crippen LogP contribution in [0, 0.1) is 0 Å². The van der Waals surface area contributed by atoms with Gasteiger partial charge in [-0.25, -0.2) is 4.98 Å². The smallest absolute Gasteiger partial charge is 0.416 e. The number of hydrogen-bond donors (Lipinski definition) is 1. The van der Waals surface area contributed by atoms with Crippen molar-refractivity contribution in [3.63, 3.8) is 0 Å². The summed E-state index contributed by atoms with van der Waals surface area (Å²) in [6.07, 6.45) is -2.68. The van der Waals surface area contributed by atoms with Crippen molar-refractivity contribution in [2.45, 2.75) is 12.7 Å². The molecule has 0 aliphatic carbocycles. The number of halogens is 3. The molecular formula is C15H11F3N2OS. The molecule has 0 spiro atoms. The molecule has 0 aliphatic rings. The van der Waals surface area contributed by atoms with Crippen LogP contribution in [0.4, 0.5) is 18.3 Å². The van der Waals surface area contributed by atoms with Crippen LogP contribution in [0.3, 0.4) is 0 Å². The van der Waals surface area contributed by atoms with Gasteiger partial charge < -0.3 is 9.73 Å². The lowest BCUT2D eigenvalue weighted by Crippen LogP contribution is -2.04. The van der Waals surface area contributed by atoms with Gasteiger partial charge in [-0.2, -0.15) is 13.2 Å². The highest BCUT2D eigenvalue weighted by Gasteiger charge is 2.30. The summed E-state index contributed by atoms with van der Waals surface area (Å²) in [5, 5.41) is 5.68. The summed E-state index contributed by atoms with van der Waals surface area (Å²) in [5.41, 5.74) is -0.292. The molecule has 2 aromatic heterocycles. The van der Waals surface area contributed by atoms with E-state index in [9.17, 15) is 13.2 Å². The first-order valence-electron chi connectivity index (χ1n) is 6.42. The van der Waals surface area contributed by atoms with E-state index in [-0.39, 0.29) is 0 Å². The van der Waals surface area contributed by atoms with E-state index in [2.05, 4.69) is 10.3 Å². The molecule has 7 heteroatoms. The van der Waals surface area contributed by atoms with E-state index in [1.807, 2.05) is 5.38 Å². The van der Waals surface area contributed by atoms with Crippen molar-refractivity contribution in [1.29, 1.82) is 0 Å². The van der Waals surface area contributed by atoms with E-state index in [0.717, 1.165) is 17.3 Å².